The predicted molar refractivity (Wildman–Crippen MR) is 185 cm³/mol. The van der Waals surface area contributed by atoms with Crippen molar-refractivity contribution in [2.75, 3.05) is 0 Å². The van der Waals surface area contributed by atoms with Crippen molar-refractivity contribution in [1.29, 1.82) is 0 Å². The van der Waals surface area contributed by atoms with Crippen LogP contribution in [0, 0.1) is 53.3 Å². The molecule has 0 unspecified atom stereocenters. The third-order valence-electron chi connectivity index (χ3n) is 16.7. The normalized spacial score (nSPS) is 49.0. The molecule has 0 heterocycles. The highest BCUT2D eigenvalue weighted by Crippen LogP contribution is 2.71. The number of aromatic hydroxyl groups is 1. The summed E-state index contributed by atoms with van der Waals surface area (Å²) in [6.45, 7) is 15.3. The first-order valence-corrected chi connectivity index (χ1v) is 20.2. The maximum atomic E-state index is 13.5. The molecule has 246 valence electrons. The molecule has 0 saturated heterocycles. The molecule has 0 aliphatic heterocycles. The summed E-state index contributed by atoms with van der Waals surface area (Å²) in [5.74, 6) is 9.12. The predicted octanol–water partition coefficient (Wildman–Crippen LogP) is 11.4. The lowest BCUT2D eigenvalue weighted by Gasteiger charge is -2.63. The molecule has 0 amide bonds. The average Bonchev–Trinajstić information content (AvgIpc) is 2.88. The van der Waals surface area contributed by atoms with Gasteiger partial charge in [0.25, 0.3) is 0 Å². The van der Waals surface area contributed by atoms with Crippen LogP contribution < -0.4 is 0 Å². The number of hydrogen-bond acceptors (Lipinski definition) is 1. The molecule has 1 nitrogen and oxygen atoms in total. The Morgan fingerprint density at radius 1 is 0.378 bits per heavy atom. The lowest BCUT2D eigenvalue weighted by atomic mass is 9.41. The summed E-state index contributed by atoms with van der Waals surface area (Å²) in [5.41, 5.74) is 9.26. The zero-order valence-corrected chi connectivity index (χ0v) is 29.9. The van der Waals surface area contributed by atoms with E-state index in [1.54, 1.807) is 11.1 Å². The van der Waals surface area contributed by atoms with Crippen LogP contribution in [0.25, 0.3) is 0 Å². The SMILES string of the molecule is CC(C)(C)c1c(O)c(C23CC4CC(CC(C4)C2)C3)c(C23CC4CC(CC(C4)C2)C3)c(C(C)(C)C)c1C12CC3CC(CC(C3)C1)C2. The zero-order chi connectivity index (χ0) is 30.9. The van der Waals surface area contributed by atoms with Crippen LogP contribution in [0.15, 0.2) is 0 Å². The van der Waals surface area contributed by atoms with Gasteiger partial charge in [-0.15, -0.1) is 0 Å². The molecule has 1 heteroatoms. The minimum Gasteiger partial charge on any atom is -0.507 e. The smallest absolute Gasteiger partial charge is 0.123 e. The average molecular weight is 609 g/mol. The second-order valence-electron chi connectivity index (χ2n) is 22.3. The van der Waals surface area contributed by atoms with Gasteiger partial charge in [-0.2, -0.15) is 0 Å². The van der Waals surface area contributed by atoms with Gasteiger partial charge in [-0.3, -0.25) is 0 Å². The van der Waals surface area contributed by atoms with Crippen LogP contribution in [-0.4, -0.2) is 5.11 Å². The number of benzene rings is 1. The van der Waals surface area contributed by atoms with Gasteiger partial charge < -0.3 is 5.11 Å². The number of phenols is 1. The Kier molecular flexibility index (Phi) is 5.78. The Morgan fingerprint density at radius 3 is 0.889 bits per heavy atom. The van der Waals surface area contributed by atoms with Gasteiger partial charge in [0.05, 0.1) is 0 Å². The Morgan fingerprint density at radius 2 is 0.622 bits per heavy atom. The topological polar surface area (TPSA) is 20.2 Å². The van der Waals surface area contributed by atoms with E-state index in [0.717, 1.165) is 59.0 Å². The molecule has 0 atom stereocenters. The third-order valence-corrected chi connectivity index (χ3v) is 16.7. The van der Waals surface area contributed by atoms with Gasteiger partial charge >= 0.3 is 0 Å². The Labute approximate surface area is 275 Å². The van der Waals surface area contributed by atoms with Crippen molar-refractivity contribution in [3.8, 4) is 5.75 Å². The van der Waals surface area contributed by atoms with Gasteiger partial charge in [-0.05, 0) is 207 Å². The fourth-order valence-electron chi connectivity index (χ4n) is 17.0. The second-order valence-corrected chi connectivity index (χ2v) is 22.3. The highest BCUT2D eigenvalue weighted by atomic mass is 16.3. The van der Waals surface area contributed by atoms with Gasteiger partial charge in [0.2, 0.25) is 0 Å². The fourth-order valence-corrected chi connectivity index (χ4v) is 17.0. The molecule has 13 rings (SSSR count). The molecule has 12 fully saturated rings. The van der Waals surface area contributed by atoms with Gasteiger partial charge in [0.15, 0.2) is 0 Å². The highest BCUT2D eigenvalue weighted by Gasteiger charge is 2.61. The summed E-state index contributed by atoms with van der Waals surface area (Å²) in [4.78, 5) is 0. The molecule has 1 aromatic carbocycles. The van der Waals surface area contributed by atoms with Crippen LogP contribution in [0.3, 0.4) is 0 Å². The maximum absolute atomic E-state index is 13.5. The van der Waals surface area contributed by atoms with Crippen LogP contribution in [0.1, 0.15) is 185 Å². The summed E-state index contributed by atoms with van der Waals surface area (Å²) in [5, 5.41) is 13.5. The maximum Gasteiger partial charge on any atom is 0.123 e. The summed E-state index contributed by atoms with van der Waals surface area (Å²) in [7, 11) is 0. The van der Waals surface area contributed by atoms with E-state index in [0.29, 0.717) is 5.41 Å². The highest BCUT2D eigenvalue weighted by molar-refractivity contribution is 5.67. The van der Waals surface area contributed by atoms with Crippen LogP contribution in [0.5, 0.6) is 5.75 Å². The first kappa shape index (κ1) is 29.0. The lowest BCUT2D eigenvalue weighted by Crippen LogP contribution is -2.55. The standard InChI is InChI=1S/C44H64O/c1-40(2,3)34-35(42-16-25-7-26(17-42)9-27(8-25)18-42)37(41(4,5)6)39(45)38(44-22-31-13-32(23-44)15-33(14-31)24-44)36(34)43-19-28-10-29(20-43)12-30(11-28)21-43/h25-33,45H,7-24H2,1-6H3. The van der Waals surface area contributed by atoms with Crippen molar-refractivity contribution >= 4 is 0 Å². The molecule has 1 N–H and O–H groups in total. The van der Waals surface area contributed by atoms with Crippen LogP contribution in [-0.2, 0) is 27.1 Å². The molecule has 12 aliphatic rings. The zero-order valence-electron chi connectivity index (χ0n) is 29.9. The van der Waals surface area contributed by atoms with Gasteiger partial charge in [0, 0.05) is 16.5 Å². The van der Waals surface area contributed by atoms with E-state index in [9.17, 15) is 5.11 Å². The van der Waals surface area contributed by atoms with Crippen molar-refractivity contribution in [1.82, 2.24) is 0 Å². The van der Waals surface area contributed by atoms with Crippen LogP contribution in [0.2, 0.25) is 0 Å². The van der Waals surface area contributed by atoms with E-state index in [-0.39, 0.29) is 21.7 Å². The van der Waals surface area contributed by atoms with E-state index < -0.39 is 0 Å². The molecule has 12 bridgehead atoms. The molecular formula is C44H64O. The molecule has 0 aromatic heterocycles. The largest absolute Gasteiger partial charge is 0.507 e. The third kappa shape index (κ3) is 4.03. The van der Waals surface area contributed by atoms with Crippen LogP contribution >= 0.6 is 0 Å². The van der Waals surface area contributed by atoms with E-state index in [1.165, 1.54) is 121 Å². The number of hydrogen-bond donors (Lipinski definition) is 1. The molecule has 12 aliphatic carbocycles. The lowest BCUT2D eigenvalue weighted by molar-refractivity contribution is -0.0205. The van der Waals surface area contributed by atoms with Crippen molar-refractivity contribution in [2.45, 2.75) is 184 Å². The van der Waals surface area contributed by atoms with Gasteiger partial charge in [0.1, 0.15) is 5.75 Å². The molecule has 1 aromatic rings. The Bertz CT molecular complexity index is 1320. The number of phenolic OH excluding ortho intramolecular Hbond substituents is 1. The molecule has 0 spiro atoms. The number of rotatable bonds is 3. The minimum absolute atomic E-state index is 0.0558. The summed E-state index contributed by atoms with van der Waals surface area (Å²) in [6.07, 6.45) is 26.0. The Balaban J connectivity index is 1.32. The van der Waals surface area contributed by atoms with E-state index in [2.05, 4.69) is 41.5 Å². The summed E-state index contributed by atoms with van der Waals surface area (Å²) < 4.78 is 0. The van der Waals surface area contributed by atoms with E-state index in [1.807, 2.05) is 11.1 Å². The minimum atomic E-state index is -0.0558. The molecule has 12 saturated carbocycles. The Hall–Kier alpha value is -0.980. The molecular weight excluding hydrogens is 544 g/mol. The van der Waals surface area contributed by atoms with Crippen molar-refractivity contribution in [3.05, 3.63) is 27.8 Å². The second kappa shape index (κ2) is 8.97. The van der Waals surface area contributed by atoms with Crippen molar-refractivity contribution < 1.29 is 5.11 Å². The molecule has 45 heavy (non-hydrogen) atoms. The van der Waals surface area contributed by atoms with Gasteiger partial charge in [-0.1, -0.05) is 41.5 Å². The first-order valence-electron chi connectivity index (χ1n) is 20.2. The van der Waals surface area contributed by atoms with Crippen LogP contribution in [0.4, 0.5) is 0 Å². The fraction of sp³-hybridized carbons (Fsp3) is 0.864. The molecule has 0 radical (unpaired) electrons. The van der Waals surface area contributed by atoms with Crippen molar-refractivity contribution in [2.24, 2.45) is 53.3 Å². The summed E-state index contributed by atoms with van der Waals surface area (Å²) >= 11 is 0. The quantitative estimate of drug-likeness (QED) is 0.362. The van der Waals surface area contributed by atoms with E-state index >= 15 is 0 Å². The monoisotopic (exact) mass is 608 g/mol. The van der Waals surface area contributed by atoms with Gasteiger partial charge in [-0.25, -0.2) is 0 Å². The van der Waals surface area contributed by atoms with E-state index in [4.69, 9.17) is 0 Å². The first-order chi connectivity index (χ1) is 21.2. The van der Waals surface area contributed by atoms with Crippen molar-refractivity contribution in [3.63, 3.8) is 0 Å². The summed E-state index contributed by atoms with van der Waals surface area (Å²) in [6, 6.07) is 0.